The maximum absolute atomic E-state index is 12.3. The molecule has 1 fully saturated rings. The van der Waals surface area contributed by atoms with Gasteiger partial charge in [0.2, 0.25) is 5.91 Å². The van der Waals surface area contributed by atoms with Crippen molar-refractivity contribution in [1.82, 2.24) is 15.2 Å². The van der Waals surface area contributed by atoms with E-state index in [0.29, 0.717) is 18.7 Å². The predicted octanol–water partition coefficient (Wildman–Crippen LogP) is 2.94. The van der Waals surface area contributed by atoms with Gasteiger partial charge >= 0.3 is 0 Å². The number of aryl methyl sites for hydroxylation is 1. The van der Waals surface area contributed by atoms with Gasteiger partial charge in [-0.1, -0.05) is 30.3 Å². The van der Waals surface area contributed by atoms with E-state index in [9.17, 15) is 4.79 Å². The lowest BCUT2D eigenvalue weighted by atomic mass is 10.2. The van der Waals surface area contributed by atoms with E-state index < -0.39 is 0 Å². The maximum Gasteiger partial charge on any atom is 0.223 e. The highest BCUT2D eigenvalue weighted by molar-refractivity contribution is 5.85. The monoisotopic (exact) mass is 371 g/mol. The Labute approximate surface area is 154 Å². The van der Waals surface area contributed by atoms with Crippen LogP contribution in [-0.2, 0) is 11.2 Å². The molecule has 1 aromatic heterocycles. The van der Waals surface area contributed by atoms with Crippen molar-refractivity contribution in [2.45, 2.75) is 25.8 Å². The molecule has 132 valence electrons. The number of carbonyl (C=O) groups excluding carboxylic acids is 1. The third kappa shape index (κ3) is 4.97. The zero-order valence-corrected chi connectivity index (χ0v) is 15.2. The molecular formula is C17H23Cl2N3O2. The van der Waals surface area contributed by atoms with Crippen LogP contribution in [0.5, 0.6) is 0 Å². The van der Waals surface area contributed by atoms with E-state index in [2.05, 4.69) is 17.2 Å². The van der Waals surface area contributed by atoms with Crippen molar-refractivity contribution in [3.8, 4) is 11.3 Å². The molecular weight excluding hydrogens is 349 g/mol. The molecule has 1 atom stereocenters. The standard InChI is InChI=1S/C17H21N3O2.2ClH/c1-13-11-18-9-10-20(13)17(21)8-7-16-19-12-15(22-16)14-5-3-2-4-6-14;;/h2-6,12-13,18H,7-11H2,1H3;2*1H/t13-;;/m0../s1. The van der Waals surface area contributed by atoms with E-state index in [1.165, 1.54) is 0 Å². The van der Waals surface area contributed by atoms with Crippen LogP contribution in [0.25, 0.3) is 11.3 Å². The van der Waals surface area contributed by atoms with Crippen LogP contribution in [0.15, 0.2) is 40.9 Å². The zero-order chi connectivity index (χ0) is 15.4. The second kappa shape index (κ2) is 9.67. The molecule has 3 rings (SSSR count). The second-order valence-electron chi connectivity index (χ2n) is 5.62. The fourth-order valence-electron chi connectivity index (χ4n) is 2.73. The van der Waals surface area contributed by atoms with Crippen molar-refractivity contribution in [1.29, 1.82) is 0 Å². The molecule has 0 unspecified atom stereocenters. The van der Waals surface area contributed by atoms with Gasteiger partial charge in [0.15, 0.2) is 11.7 Å². The minimum Gasteiger partial charge on any atom is -0.441 e. The van der Waals surface area contributed by atoms with Crippen LogP contribution in [-0.4, -0.2) is 41.5 Å². The van der Waals surface area contributed by atoms with Crippen LogP contribution in [0.4, 0.5) is 0 Å². The van der Waals surface area contributed by atoms with Gasteiger partial charge in [0.05, 0.1) is 6.20 Å². The first-order valence-electron chi connectivity index (χ1n) is 7.74. The summed E-state index contributed by atoms with van der Waals surface area (Å²) in [4.78, 5) is 18.5. The molecule has 1 aliphatic rings. The minimum absolute atomic E-state index is 0. The molecule has 0 bridgehead atoms. The summed E-state index contributed by atoms with van der Waals surface area (Å²) in [5, 5.41) is 3.29. The molecule has 0 radical (unpaired) electrons. The summed E-state index contributed by atoms with van der Waals surface area (Å²) in [6.07, 6.45) is 2.71. The lowest BCUT2D eigenvalue weighted by Gasteiger charge is -2.34. The lowest BCUT2D eigenvalue weighted by molar-refractivity contribution is -0.134. The highest BCUT2D eigenvalue weighted by Crippen LogP contribution is 2.20. The summed E-state index contributed by atoms with van der Waals surface area (Å²) in [6, 6.07) is 10.1. The molecule has 2 aromatic rings. The second-order valence-corrected chi connectivity index (χ2v) is 5.62. The number of nitrogens with one attached hydrogen (secondary N) is 1. The summed E-state index contributed by atoms with van der Waals surface area (Å²) in [5.74, 6) is 1.54. The van der Waals surface area contributed by atoms with Gasteiger partial charge in [-0.25, -0.2) is 4.98 Å². The number of carbonyl (C=O) groups is 1. The molecule has 0 spiro atoms. The Morgan fingerprint density at radius 3 is 2.79 bits per heavy atom. The Morgan fingerprint density at radius 2 is 2.08 bits per heavy atom. The zero-order valence-electron chi connectivity index (χ0n) is 13.6. The van der Waals surface area contributed by atoms with Crippen molar-refractivity contribution in [2.75, 3.05) is 19.6 Å². The molecule has 1 aliphatic heterocycles. The smallest absolute Gasteiger partial charge is 0.223 e. The van der Waals surface area contributed by atoms with E-state index in [-0.39, 0.29) is 36.8 Å². The average Bonchev–Trinajstić information content (AvgIpc) is 3.03. The van der Waals surface area contributed by atoms with E-state index in [1.807, 2.05) is 35.2 Å². The molecule has 0 aliphatic carbocycles. The van der Waals surface area contributed by atoms with Gasteiger partial charge in [0, 0.05) is 44.1 Å². The number of halogens is 2. The quantitative estimate of drug-likeness (QED) is 0.897. The molecule has 1 aromatic carbocycles. The van der Waals surface area contributed by atoms with Crippen LogP contribution < -0.4 is 5.32 Å². The molecule has 0 saturated carbocycles. The van der Waals surface area contributed by atoms with Gasteiger partial charge < -0.3 is 14.6 Å². The topological polar surface area (TPSA) is 58.4 Å². The van der Waals surface area contributed by atoms with Gasteiger partial charge in [-0.15, -0.1) is 24.8 Å². The van der Waals surface area contributed by atoms with Crippen molar-refractivity contribution < 1.29 is 9.21 Å². The molecule has 1 amide bonds. The maximum atomic E-state index is 12.3. The molecule has 2 heterocycles. The van der Waals surface area contributed by atoms with Gasteiger partial charge in [0.25, 0.3) is 0 Å². The van der Waals surface area contributed by atoms with Crippen LogP contribution in [0.2, 0.25) is 0 Å². The number of benzene rings is 1. The number of piperazine rings is 1. The van der Waals surface area contributed by atoms with Gasteiger partial charge in [0.1, 0.15) is 0 Å². The fourth-order valence-corrected chi connectivity index (χ4v) is 2.73. The third-order valence-electron chi connectivity index (χ3n) is 3.99. The van der Waals surface area contributed by atoms with Crippen molar-refractivity contribution in [3.05, 3.63) is 42.4 Å². The Morgan fingerprint density at radius 1 is 1.33 bits per heavy atom. The van der Waals surface area contributed by atoms with E-state index in [1.54, 1.807) is 6.20 Å². The lowest BCUT2D eigenvalue weighted by Crippen LogP contribution is -2.52. The SMILES string of the molecule is C[C@H]1CNCCN1C(=O)CCc1ncc(-c2ccccc2)o1.Cl.Cl. The van der Waals surface area contributed by atoms with Crippen LogP contribution >= 0.6 is 24.8 Å². The van der Waals surface area contributed by atoms with Crippen LogP contribution in [0, 0.1) is 0 Å². The number of nitrogens with zero attached hydrogens (tertiary/aromatic N) is 2. The van der Waals surface area contributed by atoms with Gasteiger partial charge in [-0.2, -0.15) is 0 Å². The summed E-state index contributed by atoms with van der Waals surface area (Å²) in [5.41, 5.74) is 1.00. The third-order valence-corrected chi connectivity index (χ3v) is 3.99. The number of hydrogen-bond acceptors (Lipinski definition) is 4. The van der Waals surface area contributed by atoms with Crippen LogP contribution in [0.1, 0.15) is 19.2 Å². The van der Waals surface area contributed by atoms with E-state index in [4.69, 9.17) is 4.42 Å². The van der Waals surface area contributed by atoms with Crippen molar-refractivity contribution >= 4 is 30.7 Å². The normalized spacial score (nSPS) is 16.9. The average molecular weight is 372 g/mol. The van der Waals surface area contributed by atoms with E-state index >= 15 is 0 Å². The first-order valence-corrected chi connectivity index (χ1v) is 7.74. The van der Waals surface area contributed by atoms with Crippen LogP contribution in [0.3, 0.4) is 0 Å². The van der Waals surface area contributed by atoms with Crippen molar-refractivity contribution in [3.63, 3.8) is 0 Å². The van der Waals surface area contributed by atoms with Crippen molar-refractivity contribution in [2.24, 2.45) is 0 Å². The Kier molecular flexibility index (Phi) is 8.25. The van der Waals surface area contributed by atoms with Gasteiger partial charge in [-0.05, 0) is 6.92 Å². The van der Waals surface area contributed by atoms with Gasteiger partial charge in [-0.3, -0.25) is 4.79 Å². The minimum atomic E-state index is 0. The summed E-state index contributed by atoms with van der Waals surface area (Å²) < 4.78 is 5.74. The molecule has 1 N–H and O–H groups in total. The Balaban J connectivity index is 0.00000144. The largest absolute Gasteiger partial charge is 0.441 e. The first-order chi connectivity index (χ1) is 10.7. The Hall–Kier alpha value is -1.56. The number of hydrogen-bond donors (Lipinski definition) is 1. The summed E-state index contributed by atoms with van der Waals surface area (Å²) in [6.45, 7) is 4.58. The number of oxazole rings is 1. The Bertz CT molecular complexity index is 634. The molecule has 1 saturated heterocycles. The highest BCUT2D eigenvalue weighted by Gasteiger charge is 2.22. The molecule has 5 nitrogen and oxygen atoms in total. The van der Waals surface area contributed by atoms with E-state index in [0.717, 1.165) is 31.0 Å². The first kappa shape index (κ1) is 20.5. The number of amides is 1. The number of rotatable bonds is 4. The predicted molar refractivity (Wildman–Crippen MR) is 98.8 cm³/mol. The molecule has 24 heavy (non-hydrogen) atoms. The summed E-state index contributed by atoms with van der Waals surface area (Å²) in [7, 11) is 0. The summed E-state index contributed by atoms with van der Waals surface area (Å²) >= 11 is 0. The number of aromatic nitrogens is 1. The molecule has 7 heteroatoms. The fraction of sp³-hybridized carbons (Fsp3) is 0.412. The highest BCUT2D eigenvalue weighted by atomic mass is 35.5.